The first-order valence-corrected chi connectivity index (χ1v) is 5.56. The van der Waals surface area contributed by atoms with E-state index in [1.54, 1.807) is 0 Å². The zero-order valence-electron chi connectivity index (χ0n) is 8.60. The number of rotatable bonds is 2. The normalized spacial score (nSPS) is 32.5. The van der Waals surface area contributed by atoms with Crippen molar-refractivity contribution in [3.63, 3.8) is 0 Å². The van der Waals surface area contributed by atoms with Crippen LogP contribution < -0.4 is 5.32 Å². The Morgan fingerprint density at radius 1 is 1.33 bits per heavy atom. The molecule has 1 aliphatic rings. The highest BCUT2D eigenvalue weighted by Gasteiger charge is 2.14. The van der Waals surface area contributed by atoms with Crippen LogP contribution in [0.15, 0.2) is 0 Å². The van der Waals surface area contributed by atoms with Crippen LogP contribution in [-0.4, -0.2) is 12.6 Å². The van der Waals surface area contributed by atoms with Crippen molar-refractivity contribution in [1.82, 2.24) is 5.32 Å². The van der Waals surface area contributed by atoms with Crippen molar-refractivity contribution < 1.29 is 0 Å². The molecule has 1 N–H and O–H groups in total. The molecule has 1 saturated heterocycles. The van der Waals surface area contributed by atoms with Crippen molar-refractivity contribution in [2.24, 2.45) is 5.92 Å². The van der Waals surface area contributed by atoms with Crippen molar-refractivity contribution >= 4 is 0 Å². The van der Waals surface area contributed by atoms with Crippen LogP contribution in [0.5, 0.6) is 0 Å². The molecule has 0 spiro atoms. The van der Waals surface area contributed by atoms with Crippen molar-refractivity contribution in [3.8, 4) is 0 Å². The summed E-state index contributed by atoms with van der Waals surface area (Å²) in [7, 11) is 0. The van der Waals surface area contributed by atoms with E-state index in [-0.39, 0.29) is 0 Å². The highest BCUT2D eigenvalue weighted by molar-refractivity contribution is 4.71. The van der Waals surface area contributed by atoms with Crippen LogP contribution in [0.2, 0.25) is 0 Å². The molecule has 12 heavy (non-hydrogen) atoms. The lowest BCUT2D eigenvalue weighted by Gasteiger charge is -2.24. The first-order valence-electron chi connectivity index (χ1n) is 5.56. The molecule has 2 atom stereocenters. The van der Waals surface area contributed by atoms with Gasteiger partial charge < -0.3 is 5.32 Å². The minimum absolute atomic E-state index is 0.752. The maximum Gasteiger partial charge on any atom is 0.00413 e. The summed E-state index contributed by atoms with van der Waals surface area (Å²) in [5, 5.41) is 3.57. The molecule has 1 rings (SSSR count). The average Bonchev–Trinajstić information content (AvgIpc) is 2.00. The Morgan fingerprint density at radius 2 is 2.17 bits per heavy atom. The van der Waals surface area contributed by atoms with E-state index < -0.39 is 0 Å². The van der Waals surface area contributed by atoms with Crippen LogP contribution in [0.1, 0.15) is 52.4 Å². The van der Waals surface area contributed by atoms with E-state index in [1.807, 2.05) is 0 Å². The fourth-order valence-corrected chi connectivity index (χ4v) is 2.28. The molecule has 0 aromatic rings. The van der Waals surface area contributed by atoms with Crippen LogP contribution in [0.4, 0.5) is 0 Å². The zero-order valence-corrected chi connectivity index (χ0v) is 8.60. The third kappa shape index (κ3) is 3.57. The van der Waals surface area contributed by atoms with Gasteiger partial charge >= 0.3 is 0 Å². The second-order valence-corrected chi connectivity index (χ2v) is 4.24. The Labute approximate surface area is 76.9 Å². The van der Waals surface area contributed by atoms with Gasteiger partial charge in [-0.1, -0.05) is 32.6 Å². The zero-order chi connectivity index (χ0) is 8.81. The van der Waals surface area contributed by atoms with E-state index in [4.69, 9.17) is 0 Å². The molecular weight excluding hydrogens is 146 g/mol. The number of nitrogens with one attached hydrogen (secondary N) is 1. The molecule has 2 unspecified atom stereocenters. The van der Waals surface area contributed by atoms with E-state index in [1.165, 1.54) is 45.1 Å². The predicted octanol–water partition coefficient (Wildman–Crippen LogP) is 2.95. The number of hydrogen-bond acceptors (Lipinski definition) is 1. The van der Waals surface area contributed by atoms with E-state index in [0.717, 1.165) is 12.0 Å². The lowest BCUT2D eigenvalue weighted by molar-refractivity contribution is 0.321. The maximum atomic E-state index is 3.57. The second-order valence-electron chi connectivity index (χ2n) is 4.24. The topological polar surface area (TPSA) is 12.0 Å². The highest BCUT2D eigenvalue weighted by Crippen LogP contribution is 2.21. The minimum atomic E-state index is 0.752. The second kappa shape index (κ2) is 5.58. The van der Waals surface area contributed by atoms with Crippen LogP contribution in [0, 0.1) is 5.92 Å². The van der Waals surface area contributed by atoms with Gasteiger partial charge in [0.05, 0.1) is 0 Å². The van der Waals surface area contributed by atoms with E-state index in [2.05, 4.69) is 19.2 Å². The lowest BCUT2D eigenvalue weighted by atomic mass is 9.89. The van der Waals surface area contributed by atoms with Gasteiger partial charge in [0.25, 0.3) is 0 Å². The molecule has 1 heteroatoms. The molecular formula is C11H23N. The molecule has 0 aromatic carbocycles. The van der Waals surface area contributed by atoms with Gasteiger partial charge in [0, 0.05) is 6.04 Å². The standard InChI is InChI=1S/C11H23N/c1-3-6-11-7-4-5-8-12-10(2)9-11/h10-12H,3-9H2,1-2H3. The summed E-state index contributed by atoms with van der Waals surface area (Å²) in [6.45, 7) is 5.87. The number of hydrogen-bond donors (Lipinski definition) is 1. The van der Waals surface area contributed by atoms with Crippen molar-refractivity contribution in [1.29, 1.82) is 0 Å². The van der Waals surface area contributed by atoms with Gasteiger partial charge in [0.15, 0.2) is 0 Å². The SMILES string of the molecule is CCCC1CCCCNC(C)C1. The fraction of sp³-hybridized carbons (Fsp3) is 1.00. The summed E-state index contributed by atoms with van der Waals surface area (Å²) < 4.78 is 0. The Balaban J connectivity index is 2.27. The first-order chi connectivity index (χ1) is 5.83. The summed E-state index contributed by atoms with van der Waals surface area (Å²) in [5.41, 5.74) is 0. The molecule has 1 aliphatic heterocycles. The maximum absolute atomic E-state index is 3.57. The van der Waals surface area contributed by atoms with Gasteiger partial charge in [-0.3, -0.25) is 0 Å². The molecule has 0 radical (unpaired) electrons. The molecule has 0 saturated carbocycles. The molecule has 1 nitrogen and oxygen atoms in total. The minimum Gasteiger partial charge on any atom is -0.314 e. The Bertz CT molecular complexity index is 112. The highest BCUT2D eigenvalue weighted by atomic mass is 14.9. The third-order valence-corrected chi connectivity index (χ3v) is 2.92. The first kappa shape index (κ1) is 10.0. The van der Waals surface area contributed by atoms with Gasteiger partial charge in [0.2, 0.25) is 0 Å². The van der Waals surface area contributed by atoms with Gasteiger partial charge in [-0.2, -0.15) is 0 Å². The van der Waals surface area contributed by atoms with Crippen LogP contribution >= 0.6 is 0 Å². The molecule has 1 fully saturated rings. The molecule has 0 bridgehead atoms. The Kier molecular flexibility index (Phi) is 4.67. The summed E-state index contributed by atoms with van der Waals surface area (Å²) >= 11 is 0. The third-order valence-electron chi connectivity index (χ3n) is 2.92. The van der Waals surface area contributed by atoms with Gasteiger partial charge in [-0.25, -0.2) is 0 Å². The molecule has 0 amide bonds. The van der Waals surface area contributed by atoms with Crippen molar-refractivity contribution in [2.45, 2.75) is 58.4 Å². The molecule has 0 aromatic heterocycles. The van der Waals surface area contributed by atoms with Crippen LogP contribution in [-0.2, 0) is 0 Å². The van der Waals surface area contributed by atoms with E-state index in [9.17, 15) is 0 Å². The molecule has 72 valence electrons. The van der Waals surface area contributed by atoms with Crippen molar-refractivity contribution in [2.75, 3.05) is 6.54 Å². The average molecular weight is 169 g/mol. The van der Waals surface area contributed by atoms with Gasteiger partial charge in [-0.05, 0) is 32.2 Å². The predicted molar refractivity (Wildman–Crippen MR) is 54.3 cm³/mol. The summed E-state index contributed by atoms with van der Waals surface area (Å²) in [5.74, 6) is 0.998. The van der Waals surface area contributed by atoms with Crippen molar-refractivity contribution in [3.05, 3.63) is 0 Å². The quantitative estimate of drug-likeness (QED) is 0.670. The summed E-state index contributed by atoms with van der Waals surface area (Å²) in [6.07, 6.45) is 8.48. The Hall–Kier alpha value is -0.0400. The fourth-order valence-electron chi connectivity index (χ4n) is 2.28. The molecule has 1 heterocycles. The monoisotopic (exact) mass is 169 g/mol. The van der Waals surface area contributed by atoms with Crippen LogP contribution in [0.25, 0.3) is 0 Å². The van der Waals surface area contributed by atoms with Gasteiger partial charge in [-0.15, -0.1) is 0 Å². The van der Waals surface area contributed by atoms with E-state index in [0.29, 0.717) is 0 Å². The lowest BCUT2D eigenvalue weighted by Crippen LogP contribution is -2.31. The summed E-state index contributed by atoms with van der Waals surface area (Å²) in [4.78, 5) is 0. The van der Waals surface area contributed by atoms with Gasteiger partial charge in [0.1, 0.15) is 0 Å². The summed E-state index contributed by atoms with van der Waals surface area (Å²) in [6, 6.07) is 0.752. The molecule has 0 aliphatic carbocycles. The smallest absolute Gasteiger partial charge is 0.00413 e. The van der Waals surface area contributed by atoms with Crippen LogP contribution in [0.3, 0.4) is 0 Å². The Morgan fingerprint density at radius 3 is 2.92 bits per heavy atom. The largest absolute Gasteiger partial charge is 0.314 e. The van der Waals surface area contributed by atoms with E-state index >= 15 is 0 Å².